The molecule has 0 bridgehead atoms. The summed E-state index contributed by atoms with van der Waals surface area (Å²) in [6.07, 6.45) is 0.467. The number of amides is 1. The maximum absolute atomic E-state index is 13.7. The summed E-state index contributed by atoms with van der Waals surface area (Å²) in [5.74, 6) is -2.33. The number of carboxylic acid groups (broad SMARTS) is 1. The molecule has 1 heterocycles. The molecule has 0 saturated carbocycles. The number of carbonyl (C=O) groups is 2. The van der Waals surface area contributed by atoms with E-state index >= 15 is 0 Å². The Bertz CT molecular complexity index is 687. The minimum atomic E-state index is -1.07. The fraction of sp³-hybridized carbons (Fsp3) is 0.154. The smallest absolute Gasteiger partial charge is 0.355 e. The number of nitrogens with two attached hydrogens (primary N) is 1. The third kappa shape index (κ3) is 3.76. The largest absolute Gasteiger partial charge is 0.476 e. The van der Waals surface area contributed by atoms with Gasteiger partial charge in [0.2, 0.25) is 5.91 Å². The Labute approximate surface area is 123 Å². The van der Waals surface area contributed by atoms with Gasteiger partial charge in [-0.2, -0.15) is 0 Å². The van der Waals surface area contributed by atoms with Gasteiger partial charge in [0.05, 0.1) is 10.7 Å². The zero-order valence-corrected chi connectivity index (χ0v) is 11.6. The number of nitrogens with one attached hydrogen (secondary N) is 1. The Hall–Kier alpha value is -2.48. The first kappa shape index (κ1) is 14.9. The van der Waals surface area contributed by atoms with Crippen LogP contribution < -0.4 is 11.1 Å². The molecular weight excluding hydrogens is 297 g/mol. The van der Waals surface area contributed by atoms with Crippen molar-refractivity contribution in [2.45, 2.75) is 6.42 Å². The second kappa shape index (κ2) is 6.31. The Balaban J connectivity index is 1.93. The van der Waals surface area contributed by atoms with Crippen molar-refractivity contribution >= 4 is 28.9 Å². The number of aromatic nitrogens is 1. The lowest BCUT2D eigenvalue weighted by Crippen LogP contribution is -2.12. The lowest BCUT2D eigenvalue weighted by molar-refractivity contribution is 0.0691. The molecule has 6 nitrogen and oxygen atoms in total. The van der Waals surface area contributed by atoms with Crippen LogP contribution in [0.3, 0.4) is 0 Å². The highest BCUT2D eigenvalue weighted by molar-refractivity contribution is 7.09. The van der Waals surface area contributed by atoms with E-state index < -0.39 is 17.7 Å². The number of aromatic carboxylic acids is 1. The zero-order chi connectivity index (χ0) is 15.4. The number of hydrogen-bond donors (Lipinski definition) is 3. The lowest BCUT2D eigenvalue weighted by Gasteiger charge is -2.07. The Morgan fingerprint density at radius 3 is 2.76 bits per heavy atom. The number of anilines is 1. The van der Waals surface area contributed by atoms with Gasteiger partial charge < -0.3 is 16.2 Å². The van der Waals surface area contributed by atoms with Gasteiger partial charge in [0.1, 0.15) is 5.82 Å². The van der Waals surface area contributed by atoms with Gasteiger partial charge in [0.15, 0.2) is 5.69 Å². The Kier molecular flexibility index (Phi) is 4.49. The van der Waals surface area contributed by atoms with Crippen molar-refractivity contribution in [1.82, 2.24) is 4.98 Å². The molecule has 1 aromatic heterocycles. The predicted molar refractivity (Wildman–Crippen MR) is 76.2 cm³/mol. The van der Waals surface area contributed by atoms with Crippen molar-refractivity contribution in [2.24, 2.45) is 5.73 Å². The highest BCUT2D eigenvalue weighted by atomic mass is 32.1. The second-order valence-electron chi connectivity index (χ2n) is 4.17. The van der Waals surface area contributed by atoms with Gasteiger partial charge in [-0.15, -0.1) is 11.3 Å². The molecule has 0 saturated heterocycles. The van der Waals surface area contributed by atoms with Gasteiger partial charge in [-0.1, -0.05) is 0 Å². The standard InChI is InChI=1S/C13H12FN3O3S/c14-8-5-7(12(15)18)1-2-9(8)16-4-3-11-17-10(6-21-11)13(19)20/h1-2,5-6,16H,3-4H2,(H2,15,18)(H,19,20). The van der Waals surface area contributed by atoms with Crippen molar-refractivity contribution in [1.29, 1.82) is 0 Å². The van der Waals surface area contributed by atoms with Crippen LogP contribution in [-0.4, -0.2) is 28.5 Å². The van der Waals surface area contributed by atoms with Crippen molar-refractivity contribution in [3.63, 3.8) is 0 Å². The minimum absolute atomic E-state index is 0.00647. The summed E-state index contributed by atoms with van der Waals surface area (Å²) in [5.41, 5.74) is 5.41. The van der Waals surface area contributed by atoms with Crippen LogP contribution in [0, 0.1) is 5.82 Å². The van der Waals surface area contributed by atoms with Crippen LogP contribution >= 0.6 is 11.3 Å². The molecule has 0 aliphatic heterocycles. The van der Waals surface area contributed by atoms with Crippen LogP contribution in [0.2, 0.25) is 0 Å². The number of carbonyl (C=O) groups excluding carboxylic acids is 1. The Morgan fingerprint density at radius 1 is 1.43 bits per heavy atom. The topological polar surface area (TPSA) is 105 Å². The van der Waals surface area contributed by atoms with Crippen LogP contribution in [0.4, 0.5) is 10.1 Å². The molecule has 1 aromatic carbocycles. The normalized spacial score (nSPS) is 10.3. The van der Waals surface area contributed by atoms with Crippen molar-refractivity contribution < 1.29 is 19.1 Å². The molecule has 0 atom stereocenters. The molecule has 1 amide bonds. The fourth-order valence-electron chi connectivity index (χ4n) is 1.64. The number of hydrogen-bond acceptors (Lipinski definition) is 5. The maximum Gasteiger partial charge on any atom is 0.355 e. The highest BCUT2D eigenvalue weighted by Crippen LogP contribution is 2.16. The molecule has 0 aliphatic rings. The quantitative estimate of drug-likeness (QED) is 0.753. The summed E-state index contributed by atoms with van der Waals surface area (Å²) in [7, 11) is 0. The highest BCUT2D eigenvalue weighted by Gasteiger charge is 2.09. The van der Waals surface area contributed by atoms with Crippen LogP contribution in [-0.2, 0) is 6.42 Å². The van der Waals surface area contributed by atoms with Gasteiger partial charge in [-0.3, -0.25) is 4.79 Å². The molecule has 0 fully saturated rings. The number of thiazole rings is 1. The molecule has 0 radical (unpaired) electrons. The van der Waals surface area contributed by atoms with Gasteiger partial charge in [-0.25, -0.2) is 14.2 Å². The SMILES string of the molecule is NC(=O)c1ccc(NCCc2nc(C(=O)O)cs2)c(F)c1. The average molecular weight is 309 g/mol. The minimum Gasteiger partial charge on any atom is -0.476 e. The van der Waals surface area contributed by atoms with Gasteiger partial charge in [0.25, 0.3) is 0 Å². The summed E-state index contributed by atoms with van der Waals surface area (Å²) < 4.78 is 13.7. The van der Waals surface area contributed by atoms with E-state index in [2.05, 4.69) is 10.3 Å². The summed E-state index contributed by atoms with van der Waals surface area (Å²) in [6.45, 7) is 0.388. The first-order valence-electron chi connectivity index (χ1n) is 5.98. The molecule has 2 aromatic rings. The average Bonchev–Trinajstić information content (AvgIpc) is 2.89. The molecule has 8 heteroatoms. The third-order valence-corrected chi connectivity index (χ3v) is 3.59. The van der Waals surface area contributed by atoms with E-state index in [4.69, 9.17) is 10.8 Å². The lowest BCUT2D eigenvalue weighted by atomic mass is 10.2. The van der Waals surface area contributed by atoms with E-state index in [0.717, 1.165) is 6.07 Å². The molecule has 21 heavy (non-hydrogen) atoms. The zero-order valence-electron chi connectivity index (χ0n) is 10.8. The number of carboxylic acids is 1. The van der Waals surface area contributed by atoms with E-state index in [-0.39, 0.29) is 16.9 Å². The molecule has 0 aliphatic carbocycles. The number of rotatable bonds is 6. The van der Waals surface area contributed by atoms with E-state index in [1.54, 1.807) is 0 Å². The summed E-state index contributed by atoms with van der Waals surface area (Å²) in [5, 5.41) is 13.7. The van der Waals surface area contributed by atoms with Crippen LogP contribution in [0.25, 0.3) is 0 Å². The fourth-order valence-corrected chi connectivity index (χ4v) is 2.41. The molecule has 4 N–H and O–H groups in total. The first-order valence-corrected chi connectivity index (χ1v) is 6.86. The second-order valence-corrected chi connectivity index (χ2v) is 5.11. The molecule has 0 unspecified atom stereocenters. The third-order valence-electron chi connectivity index (χ3n) is 2.68. The van der Waals surface area contributed by atoms with Crippen molar-refractivity contribution in [3.05, 3.63) is 45.7 Å². The van der Waals surface area contributed by atoms with Gasteiger partial charge in [-0.05, 0) is 18.2 Å². The molecular formula is C13H12FN3O3S. The summed E-state index contributed by atoms with van der Waals surface area (Å²) in [6, 6.07) is 3.93. The monoisotopic (exact) mass is 309 g/mol. The van der Waals surface area contributed by atoms with Crippen molar-refractivity contribution in [3.8, 4) is 0 Å². The molecule has 0 spiro atoms. The van der Waals surface area contributed by atoms with Crippen LogP contribution in [0.15, 0.2) is 23.6 Å². The van der Waals surface area contributed by atoms with Crippen LogP contribution in [0.5, 0.6) is 0 Å². The summed E-state index contributed by atoms with van der Waals surface area (Å²) in [4.78, 5) is 25.5. The van der Waals surface area contributed by atoms with Crippen molar-refractivity contribution in [2.75, 3.05) is 11.9 Å². The number of primary amides is 1. The van der Waals surface area contributed by atoms with E-state index in [9.17, 15) is 14.0 Å². The van der Waals surface area contributed by atoms with E-state index in [0.29, 0.717) is 18.0 Å². The Morgan fingerprint density at radius 2 is 2.19 bits per heavy atom. The summed E-state index contributed by atoms with van der Waals surface area (Å²) >= 11 is 1.24. The predicted octanol–water partition coefficient (Wildman–Crippen LogP) is 1.73. The maximum atomic E-state index is 13.7. The number of nitrogens with zero attached hydrogens (tertiary/aromatic N) is 1. The molecule has 2 rings (SSSR count). The number of benzene rings is 1. The number of halogens is 1. The first-order chi connectivity index (χ1) is 9.97. The van der Waals surface area contributed by atoms with E-state index in [1.807, 2.05) is 0 Å². The van der Waals surface area contributed by atoms with Crippen LogP contribution in [0.1, 0.15) is 25.9 Å². The molecule has 110 valence electrons. The van der Waals surface area contributed by atoms with E-state index in [1.165, 1.54) is 28.8 Å². The van der Waals surface area contributed by atoms with Gasteiger partial charge in [0, 0.05) is 23.9 Å². The van der Waals surface area contributed by atoms with Gasteiger partial charge >= 0.3 is 5.97 Å².